The van der Waals surface area contributed by atoms with Crippen molar-refractivity contribution in [2.75, 3.05) is 13.7 Å². The summed E-state index contributed by atoms with van der Waals surface area (Å²) >= 11 is 0. The van der Waals surface area contributed by atoms with Crippen LogP contribution in [0.15, 0.2) is 59.2 Å². The Morgan fingerprint density at radius 2 is 1.84 bits per heavy atom. The number of esters is 1. The molecular weight excluding hydrogens is 322 g/mol. The first-order valence-corrected chi connectivity index (χ1v) is 7.70. The first kappa shape index (κ1) is 16.6. The SMILES string of the molecule is COC(=O)c1cc2ccccc2cc1OCC(=O)NCc1ccco1. The number of furan rings is 1. The molecule has 25 heavy (non-hydrogen) atoms. The molecule has 128 valence electrons. The fraction of sp³-hybridized carbons (Fsp3) is 0.158. The molecule has 0 bridgehead atoms. The summed E-state index contributed by atoms with van der Waals surface area (Å²) < 4.78 is 15.5. The van der Waals surface area contributed by atoms with Crippen LogP contribution in [0.1, 0.15) is 16.1 Å². The Morgan fingerprint density at radius 3 is 2.52 bits per heavy atom. The predicted molar refractivity (Wildman–Crippen MR) is 91.3 cm³/mol. The molecule has 0 radical (unpaired) electrons. The second kappa shape index (κ2) is 7.53. The lowest BCUT2D eigenvalue weighted by Gasteiger charge is -2.12. The highest BCUT2D eigenvalue weighted by atomic mass is 16.5. The summed E-state index contributed by atoms with van der Waals surface area (Å²) in [7, 11) is 1.30. The molecule has 0 saturated carbocycles. The zero-order valence-electron chi connectivity index (χ0n) is 13.7. The van der Waals surface area contributed by atoms with Gasteiger partial charge in [0.1, 0.15) is 17.1 Å². The third-order valence-corrected chi connectivity index (χ3v) is 3.65. The molecule has 0 aliphatic heterocycles. The molecule has 1 N–H and O–H groups in total. The van der Waals surface area contributed by atoms with Gasteiger partial charge in [0.2, 0.25) is 0 Å². The van der Waals surface area contributed by atoms with E-state index in [1.54, 1.807) is 24.3 Å². The zero-order valence-corrected chi connectivity index (χ0v) is 13.7. The summed E-state index contributed by atoms with van der Waals surface area (Å²) in [5.74, 6) is 0.116. The Kier molecular flexibility index (Phi) is 4.99. The van der Waals surface area contributed by atoms with Crippen molar-refractivity contribution < 1.29 is 23.5 Å². The Hall–Kier alpha value is -3.28. The topological polar surface area (TPSA) is 77.8 Å². The van der Waals surface area contributed by atoms with E-state index in [-0.39, 0.29) is 24.6 Å². The van der Waals surface area contributed by atoms with Crippen LogP contribution in [0.25, 0.3) is 10.8 Å². The third kappa shape index (κ3) is 3.98. The first-order valence-electron chi connectivity index (χ1n) is 7.70. The fourth-order valence-corrected chi connectivity index (χ4v) is 2.40. The number of rotatable bonds is 6. The van der Waals surface area contributed by atoms with Gasteiger partial charge in [-0.2, -0.15) is 0 Å². The zero-order chi connectivity index (χ0) is 17.6. The lowest BCUT2D eigenvalue weighted by atomic mass is 10.1. The minimum absolute atomic E-state index is 0.219. The number of methoxy groups -OCH3 is 1. The molecule has 6 heteroatoms. The van der Waals surface area contributed by atoms with Gasteiger partial charge in [-0.1, -0.05) is 24.3 Å². The van der Waals surface area contributed by atoms with Gasteiger partial charge in [0.05, 0.1) is 19.9 Å². The van der Waals surface area contributed by atoms with Crippen LogP contribution in [0.3, 0.4) is 0 Å². The van der Waals surface area contributed by atoms with Crippen LogP contribution >= 0.6 is 0 Å². The average molecular weight is 339 g/mol. The summed E-state index contributed by atoms with van der Waals surface area (Å²) in [4.78, 5) is 23.9. The summed E-state index contributed by atoms with van der Waals surface area (Å²) in [6.07, 6.45) is 1.54. The van der Waals surface area contributed by atoms with E-state index < -0.39 is 5.97 Å². The van der Waals surface area contributed by atoms with E-state index in [4.69, 9.17) is 13.9 Å². The van der Waals surface area contributed by atoms with Gasteiger partial charge < -0.3 is 19.2 Å². The molecule has 6 nitrogen and oxygen atoms in total. The van der Waals surface area contributed by atoms with E-state index in [0.717, 1.165) is 10.8 Å². The van der Waals surface area contributed by atoms with Crippen molar-refractivity contribution in [2.24, 2.45) is 0 Å². The van der Waals surface area contributed by atoms with E-state index in [2.05, 4.69) is 5.32 Å². The first-order chi connectivity index (χ1) is 12.2. The highest BCUT2D eigenvalue weighted by molar-refractivity contribution is 5.98. The Morgan fingerprint density at radius 1 is 1.08 bits per heavy atom. The summed E-state index contributed by atoms with van der Waals surface area (Å²) in [6, 6.07) is 14.5. The van der Waals surface area contributed by atoms with Gasteiger partial charge in [0, 0.05) is 0 Å². The Balaban J connectivity index is 1.72. The van der Waals surface area contributed by atoms with Gasteiger partial charge in [-0.25, -0.2) is 4.79 Å². The van der Waals surface area contributed by atoms with E-state index in [0.29, 0.717) is 11.5 Å². The van der Waals surface area contributed by atoms with Gasteiger partial charge in [0.25, 0.3) is 5.91 Å². The lowest BCUT2D eigenvalue weighted by molar-refractivity contribution is -0.123. The van der Waals surface area contributed by atoms with Crippen molar-refractivity contribution in [1.82, 2.24) is 5.32 Å². The smallest absolute Gasteiger partial charge is 0.341 e. The molecule has 0 saturated heterocycles. The molecule has 1 heterocycles. The van der Waals surface area contributed by atoms with Crippen LogP contribution in [-0.4, -0.2) is 25.6 Å². The molecule has 3 aromatic rings. The standard InChI is InChI=1S/C19H17NO5/c1-23-19(22)16-9-13-5-2-3-6-14(13)10-17(16)25-12-18(21)20-11-15-7-4-8-24-15/h2-10H,11-12H2,1H3,(H,20,21). The van der Waals surface area contributed by atoms with Crippen molar-refractivity contribution in [1.29, 1.82) is 0 Å². The number of carbonyl (C=O) groups excluding carboxylic acids is 2. The molecule has 1 amide bonds. The predicted octanol–water partition coefficient (Wildman–Crippen LogP) is 2.91. The molecule has 0 spiro atoms. The number of nitrogens with one attached hydrogen (secondary N) is 1. The second-order valence-corrected chi connectivity index (χ2v) is 5.33. The van der Waals surface area contributed by atoms with E-state index >= 15 is 0 Å². The largest absolute Gasteiger partial charge is 0.483 e. The van der Waals surface area contributed by atoms with Crippen LogP contribution in [0.4, 0.5) is 0 Å². The van der Waals surface area contributed by atoms with Crippen molar-refractivity contribution in [3.63, 3.8) is 0 Å². The maximum absolute atomic E-state index is 12.0. The minimum atomic E-state index is -0.517. The maximum atomic E-state index is 12.0. The molecule has 0 aliphatic carbocycles. The van der Waals surface area contributed by atoms with Gasteiger partial charge in [-0.05, 0) is 35.0 Å². The van der Waals surface area contributed by atoms with Crippen LogP contribution in [0.2, 0.25) is 0 Å². The molecule has 0 atom stereocenters. The molecule has 0 unspecified atom stereocenters. The molecule has 0 aliphatic rings. The molecule has 0 fully saturated rings. The van der Waals surface area contributed by atoms with Crippen LogP contribution in [0.5, 0.6) is 5.75 Å². The van der Waals surface area contributed by atoms with Gasteiger partial charge in [-0.15, -0.1) is 0 Å². The number of hydrogen-bond donors (Lipinski definition) is 1. The molecule has 2 aromatic carbocycles. The van der Waals surface area contributed by atoms with Crippen molar-refractivity contribution in [2.45, 2.75) is 6.54 Å². The highest BCUT2D eigenvalue weighted by Gasteiger charge is 2.16. The van der Waals surface area contributed by atoms with Crippen LogP contribution in [0, 0.1) is 0 Å². The van der Waals surface area contributed by atoms with Gasteiger partial charge >= 0.3 is 5.97 Å². The molecule has 1 aromatic heterocycles. The number of carbonyl (C=O) groups is 2. The highest BCUT2D eigenvalue weighted by Crippen LogP contribution is 2.26. The summed E-state index contributed by atoms with van der Waals surface area (Å²) in [5, 5.41) is 4.47. The Labute approximate surface area is 144 Å². The van der Waals surface area contributed by atoms with Crippen LogP contribution < -0.4 is 10.1 Å². The molecular formula is C19H17NO5. The normalized spacial score (nSPS) is 10.4. The number of hydrogen-bond acceptors (Lipinski definition) is 5. The van der Waals surface area contributed by atoms with Gasteiger partial charge in [0.15, 0.2) is 6.61 Å². The number of benzene rings is 2. The average Bonchev–Trinajstić information content (AvgIpc) is 3.16. The fourth-order valence-electron chi connectivity index (χ4n) is 2.40. The van der Waals surface area contributed by atoms with E-state index in [9.17, 15) is 9.59 Å². The third-order valence-electron chi connectivity index (χ3n) is 3.65. The van der Waals surface area contributed by atoms with E-state index in [1.807, 2.05) is 24.3 Å². The number of amides is 1. The summed E-state index contributed by atoms with van der Waals surface area (Å²) in [6.45, 7) is 0.0554. The second-order valence-electron chi connectivity index (χ2n) is 5.33. The quantitative estimate of drug-likeness (QED) is 0.699. The maximum Gasteiger partial charge on any atom is 0.341 e. The summed E-state index contributed by atoms with van der Waals surface area (Å²) in [5.41, 5.74) is 0.278. The number of fused-ring (bicyclic) bond motifs is 1. The molecule has 3 rings (SSSR count). The van der Waals surface area contributed by atoms with Crippen molar-refractivity contribution >= 4 is 22.6 Å². The number of ether oxygens (including phenoxy) is 2. The van der Waals surface area contributed by atoms with Crippen LogP contribution in [-0.2, 0) is 16.1 Å². The van der Waals surface area contributed by atoms with E-state index in [1.165, 1.54) is 13.4 Å². The monoisotopic (exact) mass is 339 g/mol. The Bertz CT molecular complexity index is 886. The van der Waals surface area contributed by atoms with Crippen molar-refractivity contribution in [3.05, 3.63) is 66.1 Å². The van der Waals surface area contributed by atoms with Gasteiger partial charge in [-0.3, -0.25) is 4.79 Å². The minimum Gasteiger partial charge on any atom is -0.483 e. The van der Waals surface area contributed by atoms with Crippen molar-refractivity contribution in [3.8, 4) is 5.75 Å². The lowest BCUT2D eigenvalue weighted by Crippen LogP contribution is -2.28.